The van der Waals surface area contributed by atoms with Gasteiger partial charge in [-0.25, -0.2) is 0 Å². The number of carbonyl (C=O) groups is 1. The SMILES string of the molecule is CC(CC=O)c1ccc(Br)o1. The quantitative estimate of drug-likeness (QED) is 0.728. The Bertz CT molecular complexity index is 242. The maximum absolute atomic E-state index is 10.1. The molecule has 0 radical (unpaired) electrons. The van der Waals surface area contributed by atoms with Gasteiger partial charge in [-0.15, -0.1) is 0 Å². The van der Waals surface area contributed by atoms with E-state index in [1.165, 1.54) is 0 Å². The monoisotopic (exact) mass is 216 g/mol. The minimum atomic E-state index is 0.179. The van der Waals surface area contributed by atoms with Crippen LogP contribution in [-0.2, 0) is 4.79 Å². The second kappa shape index (κ2) is 3.72. The third kappa shape index (κ3) is 2.19. The van der Waals surface area contributed by atoms with Crippen LogP contribution in [0.2, 0.25) is 0 Å². The van der Waals surface area contributed by atoms with Crippen molar-refractivity contribution in [1.29, 1.82) is 0 Å². The molecule has 1 aromatic rings. The van der Waals surface area contributed by atoms with Crippen molar-refractivity contribution < 1.29 is 9.21 Å². The van der Waals surface area contributed by atoms with Crippen LogP contribution in [0.1, 0.15) is 25.0 Å². The van der Waals surface area contributed by atoms with Crippen LogP contribution >= 0.6 is 15.9 Å². The number of hydrogen-bond donors (Lipinski definition) is 0. The first kappa shape index (κ1) is 8.53. The number of furan rings is 1. The Hall–Kier alpha value is -0.570. The van der Waals surface area contributed by atoms with E-state index in [0.29, 0.717) is 11.1 Å². The van der Waals surface area contributed by atoms with Gasteiger partial charge >= 0.3 is 0 Å². The van der Waals surface area contributed by atoms with Gasteiger partial charge in [0.2, 0.25) is 0 Å². The molecule has 2 nitrogen and oxygen atoms in total. The normalized spacial score (nSPS) is 12.9. The van der Waals surface area contributed by atoms with Gasteiger partial charge in [0.15, 0.2) is 4.67 Å². The van der Waals surface area contributed by atoms with E-state index in [0.717, 1.165) is 12.0 Å². The molecule has 1 rings (SSSR count). The van der Waals surface area contributed by atoms with Crippen LogP contribution in [0.3, 0.4) is 0 Å². The Morgan fingerprint density at radius 1 is 1.73 bits per heavy atom. The lowest BCUT2D eigenvalue weighted by Gasteiger charge is -2.00. The van der Waals surface area contributed by atoms with E-state index >= 15 is 0 Å². The minimum absolute atomic E-state index is 0.179. The summed E-state index contributed by atoms with van der Waals surface area (Å²) in [6.45, 7) is 1.96. The molecule has 0 fully saturated rings. The molecule has 0 aliphatic heterocycles. The Labute approximate surface area is 73.7 Å². The number of hydrogen-bond acceptors (Lipinski definition) is 2. The van der Waals surface area contributed by atoms with Crippen molar-refractivity contribution in [2.75, 3.05) is 0 Å². The molecule has 1 aromatic heterocycles. The molecule has 3 heteroatoms. The number of aldehydes is 1. The van der Waals surface area contributed by atoms with Crippen LogP contribution in [0.5, 0.6) is 0 Å². The molecule has 1 atom stereocenters. The van der Waals surface area contributed by atoms with Gasteiger partial charge in [-0.2, -0.15) is 0 Å². The Morgan fingerprint density at radius 2 is 2.45 bits per heavy atom. The summed E-state index contributed by atoms with van der Waals surface area (Å²) in [4.78, 5) is 10.1. The summed E-state index contributed by atoms with van der Waals surface area (Å²) >= 11 is 3.20. The molecule has 11 heavy (non-hydrogen) atoms. The molecule has 1 unspecified atom stereocenters. The third-order valence-electron chi connectivity index (χ3n) is 1.53. The molecular formula is C8H9BrO2. The Kier molecular flexibility index (Phi) is 2.88. The lowest BCUT2D eigenvalue weighted by molar-refractivity contribution is -0.108. The molecule has 0 saturated heterocycles. The van der Waals surface area contributed by atoms with E-state index in [-0.39, 0.29) is 5.92 Å². The fraction of sp³-hybridized carbons (Fsp3) is 0.375. The first-order valence-corrected chi connectivity index (χ1v) is 4.22. The van der Waals surface area contributed by atoms with E-state index in [1.54, 1.807) is 0 Å². The van der Waals surface area contributed by atoms with E-state index in [2.05, 4.69) is 15.9 Å². The molecule has 0 bridgehead atoms. The average molecular weight is 217 g/mol. The highest BCUT2D eigenvalue weighted by Crippen LogP contribution is 2.23. The highest BCUT2D eigenvalue weighted by Gasteiger charge is 2.08. The fourth-order valence-electron chi connectivity index (χ4n) is 0.854. The summed E-state index contributed by atoms with van der Waals surface area (Å²) in [7, 11) is 0. The fourth-order valence-corrected chi connectivity index (χ4v) is 1.17. The minimum Gasteiger partial charge on any atom is -0.454 e. The molecule has 60 valence electrons. The standard InChI is InChI=1S/C8H9BrO2/c1-6(4-5-10)7-2-3-8(9)11-7/h2-3,5-6H,4H2,1H3. The van der Waals surface area contributed by atoms with Crippen LogP contribution in [0, 0.1) is 0 Å². The van der Waals surface area contributed by atoms with Gasteiger partial charge in [-0.3, -0.25) is 0 Å². The second-order valence-corrected chi connectivity index (χ2v) is 3.23. The van der Waals surface area contributed by atoms with Gasteiger partial charge in [0.1, 0.15) is 12.0 Å². The van der Waals surface area contributed by atoms with E-state index in [9.17, 15) is 4.79 Å². The molecule has 0 N–H and O–H groups in total. The topological polar surface area (TPSA) is 30.2 Å². The van der Waals surface area contributed by atoms with Crippen LogP contribution in [0.25, 0.3) is 0 Å². The van der Waals surface area contributed by atoms with Gasteiger partial charge < -0.3 is 9.21 Å². The summed E-state index contributed by atoms with van der Waals surface area (Å²) in [6.07, 6.45) is 1.42. The highest BCUT2D eigenvalue weighted by molar-refractivity contribution is 9.10. The molecule has 0 aromatic carbocycles. The Morgan fingerprint density at radius 3 is 2.91 bits per heavy atom. The summed E-state index contributed by atoms with van der Waals surface area (Å²) in [5.41, 5.74) is 0. The van der Waals surface area contributed by atoms with Crippen LogP contribution in [0.15, 0.2) is 21.2 Å². The molecule has 0 aliphatic carbocycles. The van der Waals surface area contributed by atoms with Crippen molar-refractivity contribution in [1.82, 2.24) is 0 Å². The second-order valence-electron chi connectivity index (χ2n) is 2.45. The number of rotatable bonds is 3. The van der Waals surface area contributed by atoms with Crippen molar-refractivity contribution >= 4 is 22.2 Å². The summed E-state index contributed by atoms with van der Waals surface area (Å²) in [5.74, 6) is 1.03. The van der Waals surface area contributed by atoms with Crippen LogP contribution in [0.4, 0.5) is 0 Å². The van der Waals surface area contributed by atoms with Crippen molar-refractivity contribution in [3.8, 4) is 0 Å². The maximum atomic E-state index is 10.1. The lowest BCUT2D eigenvalue weighted by atomic mass is 10.1. The average Bonchev–Trinajstić information content (AvgIpc) is 2.36. The van der Waals surface area contributed by atoms with E-state index < -0.39 is 0 Å². The predicted octanol–water partition coefficient (Wildman–Crippen LogP) is 2.73. The number of halogens is 1. The summed E-state index contributed by atoms with van der Waals surface area (Å²) in [5, 5.41) is 0. The molecule has 0 amide bonds. The van der Waals surface area contributed by atoms with Crippen molar-refractivity contribution in [2.24, 2.45) is 0 Å². The zero-order valence-electron chi connectivity index (χ0n) is 6.21. The smallest absolute Gasteiger partial charge is 0.169 e. The van der Waals surface area contributed by atoms with E-state index in [4.69, 9.17) is 4.42 Å². The van der Waals surface area contributed by atoms with Crippen LogP contribution < -0.4 is 0 Å². The van der Waals surface area contributed by atoms with Crippen molar-refractivity contribution in [2.45, 2.75) is 19.3 Å². The maximum Gasteiger partial charge on any atom is 0.169 e. The van der Waals surface area contributed by atoms with Gasteiger partial charge in [-0.05, 0) is 28.1 Å². The zero-order valence-corrected chi connectivity index (χ0v) is 7.80. The molecule has 0 spiro atoms. The first-order chi connectivity index (χ1) is 5.24. The summed E-state index contributed by atoms with van der Waals surface area (Å²) < 4.78 is 5.97. The summed E-state index contributed by atoms with van der Waals surface area (Å²) in [6, 6.07) is 3.70. The number of carbonyl (C=O) groups excluding carboxylic acids is 1. The van der Waals surface area contributed by atoms with Gasteiger partial charge in [0.25, 0.3) is 0 Å². The largest absolute Gasteiger partial charge is 0.454 e. The van der Waals surface area contributed by atoms with Gasteiger partial charge in [0, 0.05) is 12.3 Å². The molecule has 0 saturated carbocycles. The molecule has 1 heterocycles. The molecular weight excluding hydrogens is 208 g/mol. The van der Waals surface area contributed by atoms with Crippen molar-refractivity contribution in [3.63, 3.8) is 0 Å². The zero-order chi connectivity index (χ0) is 8.27. The predicted molar refractivity (Wildman–Crippen MR) is 45.5 cm³/mol. The third-order valence-corrected chi connectivity index (χ3v) is 1.96. The van der Waals surface area contributed by atoms with Gasteiger partial charge in [-0.1, -0.05) is 6.92 Å². The molecule has 0 aliphatic rings. The first-order valence-electron chi connectivity index (χ1n) is 3.43. The lowest BCUT2D eigenvalue weighted by Crippen LogP contribution is -1.90. The van der Waals surface area contributed by atoms with Gasteiger partial charge in [0.05, 0.1) is 0 Å². The highest BCUT2D eigenvalue weighted by atomic mass is 79.9. The van der Waals surface area contributed by atoms with Crippen molar-refractivity contribution in [3.05, 3.63) is 22.6 Å². The van der Waals surface area contributed by atoms with Crippen LogP contribution in [-0.4, -0.2) is 6.29 Å². The van der Waals surface area contributed by atoms with E-state index in [1.807, 2.05) is 19.1 Å². The Balaban J connectivity index is 2.67.